The van der Waals surface area contributed by atoms with Gasteiger partial charge in [-0.05, 0) is 56.2 Å². The van der Waals surface area contributed by atoms with E-state index in [1.807, 2.05) is 0 Å². The molecular formula is C17H18F3N3O2S. The van der Waals surface area contributed by atoms with Gasteiger partial charge in [-0.1, -0.05) is 0 Å². The SMILES string of the molecule is CC1(C)C(=O)N(c2ccc(C#N)c(CC(F)(F)F)c2)C(=S)N1CCCO. The standard InChI is InChI=1S/C17H18F3N3O2S/c1-16(2)14(25)23(15(26)22(16)6-3-7-24)13-5-4-11(10-21)12(8-13)9-17(18,19)20/h4-5,8,24H,3,6-7,9H2,1-2H3. The molecule has 1 aliphatic rings. The van der Waals surface area contributed by atoms with Crippen LogP contribution in [0.2, 0.25) is 0 Å². The maximum atomic E-state index is 12.8. The van der Waals surface area contributed by atoms with Crippen LogP contribution in [-0.4, -0.2) is 45.9 Å². The van der Waals surface area contributed by atoms with Gasteiger partial charge in [0.15, 0.2) is 5.11 Å². The Kier molecular flexibility index (Phi) is 5.58. The first-order valence-corrected chi connectivity index (χ1v) is 8.30. The molecule has 9 heteroatoms. The number of aliphatic hydroxyl groups excluding tert-OH is 1. The second-order valence-electron chi connectivity index (χ2n) is 6.46. The van der Waals surface area contributed by atoms with Crippen molar-refractivity contribution in [3.05, 3.63) is 29.3 Å². The van der Waals surface area contributed by atoms with E-state index < -0.39 is 18.1 Å². The Morgan fingerprint density at radius 3 is 2.54 bits per heavy atom. The third-order valence-electron chi connectivity index (χ3n) is 4.22. The maximum absolute atomic E-state index is 12.8. The van der Waals surface area contributed by atoms with Gasteiger partial charge < -0.3 is 10.0 Å². The molecule has 1 heterocycles. The smallest absolute Gasteiger partial charge is 0.393 e. The zero-order valence-corrected chi connectivity index (χ0v) is 15.1. The summed E-state index contributed by atoms with van der Waals surface area (Å²) in [6.07, 6.45) is -5.35. The summed E-state index contributed by atoms with van der Waals surface area (Å²) in [7, 11) is 0. The highest BCUT2D eigenvalue weighted by Crippen LogP contribution is 2.34. The molecule has 1 aliphatic heterocycles. The van der Waals surface area contributed by atoms with Gasteiger partial charge in [0.2, 0.25) is 0 Å². The number of halogens is 3. The van der Waals surface area contributed by atoms with Crippen molar-refractivity contribution in [1.29, 1.82) is 5.26 Å². The zero-order chi connectivity index (χ0) is 19.7. The summed E-state index contributed by atoms with van der Waals surface area (Å²) in [5, 5.41) is 18.2. The quantitative estimate of drug-likeness (QED) is 0.790. The summed E-state index contributed by atoms with van der Waals surface area (Å²) in [6, 6.07) is 5.59. The molecule has 26 heavy (non-hydrogen) atoms. The molecule has 1 N–H and O–H groups in total. The molecule has 0 unspecified atom stereocenters. The number of rotatable bonds is 5. The molecule has 0 spiro atoms. The highest BCUT2D eigenvalue weighted by Gasteiger charge is 2.49. The second-order valence-corrected chi connectivity index (χ2v) is 6.82. The number of carbonyl (C=O) groups is 1. The first-order valence-electron chi connectivity index (χ1n) is 7.89. The van der Waals surface area contributed by atoms with Crippen LogP contribution in [0, 0.1) is 11.3 Å². The van der Waals surface area contributed by atoms with Crippen molar-refractivity contribution in [3.63, 3.8) is 0 Å². The minimum absolute atomic E-state index is 0.0734. The Morgan fingerprint density at radius 2 is 2.00 bits per heavy atom. The van der Waals surface area contributed by atoms with E-state index in [1.54, 1.807) is 24.8 Å². The lowest BCUT2D eigenvalue weighted by molar-refractivity contribution is -0.127. The summed E-state index contributed by atoms with van der Waals surface area (Å²) in [6.45, 7) is 3.60. The van der Waals surface area contributed by atoms with E-state index in [2.05, 4.69) is 0 Å². The fourth-order valence-electron chi connectivity index (χ4n) is 2.86. The molecule has 0 saturated carbocycles. The molecule has 0 atom stereocenters. The molecule has 140 valence electrons. The lowest BCUT2D eigenvalue weighted by Gasteiger charge is -2.29. The Bertz CT molecular complexity index is 771. The first kappa shape index (κ1) is 20.1. The number of nitrogens with zero attached hydrogens (tertiary/aromatic N) is 3. The highest BCUT2D eigenvalue weighted by molar-refractivity contribution is 7.80. The van der Waals surface area contributed by atoms with Gasteiger partial charge in [-0.2, -0.15) is 18.4 Å². The van der Waals surface area contributed by atoms with Crippen molar-refractivity contribution in [2.24, 2.45) is 0 Å². The molecule has 1 aromatic rings. The van der Waals surface area contributed by atoms with Gasteiger partial charge in [0.05, 0.1) is 23.7 Å². The number of hydrogen-bond donors (Lipinski definition) is 1. The van der Waals surface area contributed by atoms with Crippen LogP contribution < -0.4 is 4.90 Å². The fraction of sp³-hybridized carbons (Fsp3) is 0.471. The van der Waals surface area contributed by atoms with Crippen LogP contribution in [0.3, 0.4) is 0 Å². The van der Waals surface area contributed by atoms with Gasteiger partial charge in [0.25, 0.3) is 5.91 Å². The largest absolute Gasteiger partial charge is 0.396 e. The van der Waals surface area contributed by atoms with E-state index in [9.17, 15) is 18.0 Å². The average Bonchev–Trinajstić information content (AvgIpc) is 2.70. The van der Waals surface area contributed by atoms with E-state index in [4.69, 9.17) is 22.6 Å². The molecule has 0 aliphatic carbocycles. The minimum Gasteiger partial charge on any atom is -0.396 e. The van der Waals surface area contributed by atoms with Crippen LogP contribution in [0.4, 0.5) is 18.9 Å². The number of carbonyl (C=O) groups excluding carboxylic acids is 1. The molecule has 1 amide bonds. The highest BCUT2D eigenvalue weighted by atomic mass is 32.1. The van der Waals surface area contributed by atoms with Gasteiger partial charge in [-0.3, -0.25) is 9.69 Å². The van der Waals surface area contributed by atoms with Crippen LogP contribution in [0.1, 0.15) is 31.4 Å². The number of anilines is 1. The van der Waals surface area contributed by atoms with Crippen LogP contribution in [-0.2, 0) is 11.2 Å². The van der Waals surface area contributed by atoms with Crippen LogP contribution in [0.25, 0.3) is 0 Å². The van der Waals surface area contributed by atoms with Crippen molar-refractivity contribution in [1.82, 2.24) is 4.90 Å². The van der Waals surface area contributed by atoms with Crippen molar-refractivity contribution >= 4 is 28.9 Å². The summed E-state index contributed by atoms with van der Waals surface area (Å²) in [5.74, 6) is -0.372. The summed E-state index contributed by atoms with van der Waals surface area (Å²) < 4.78 is 38.4. The molecule has 2 rings (SSSR count). The van der Waals surface area contributed by atoms with Crippen molar-refractivity contribution in [2.45, 2.75) is 38.4 Å². The third-order valence-corrected chi connectivity index (χ3v) is 4.62. The molecule has 1 aromatic carbocycles. The number of thiocarbonyl (C=S) groups is 1. The normalized spacial score (nSPS) is 17.0. The molecule has 0 bridgehead atoms. The van der Waals surface area contributed by atoms with Crippen molar-refractivity contribution in [3.8, 4) is 6.07 Å². The summed E-state index contributed by atoms with van der Waals surface area (Å²) in [4.78, 5) is 15.6. The predicted octanol–water partition coefficient (Wildman–Crippen LogP) is 2.76. The zero-order valence-electron chi connectivity index (χ0n) is 14.3. The van der Waals surface area contributed by atoms with E-state index >= 15 is 0 Å². The second kappa shape index (κ2) is 7.21. The average molecular weight is 385 g/mol. The van der Waals surface area contributed by atoms with E-state index in [0.717, 1.165) is 0 Å². The molecule has 5 nitrogen and oxygen atoms in total. The lowest BCUT2D eigenvalue weighted by atomic mass is 10.0. The predicted molar refractivity (Wildman–Crippen MR) is 93.5 cm³/mol. The molecule has 0 radical (unpaired) electrons. The Morgan fingerprint density at radius 1 is 1.35 bits per heavy atom. The van der Waals surface area contributed by atoms with Gasteiger partial charge >= 0.3 is 6.18 Å². The Hall–Kier alpha value is -2.18. The topological polar surface area (TPSA) is 67.6 Å². The maximum Gasteiger partial charge on any atom is 0.393 e. The molecular weight excluding hydrogens is 367 g/mol. The van der Waals surface area contributed by atoms with Crippen LogP contribution in [0.15, 0.2) is 18.2 Å². The third kappa shape index (κ3) is 3.81. The number of aliphatic hydroxyl groups is 1. The summed E-state index contributed by atoms with van der Waals surface area (Å²) in [5.41, 5.74) is -1.10. The van der Waals surface area contributed by atoms with Crippen LogP contribution in [0.5, 0.6) is 0 Å². The van der Waals surface area contributed by atoms with E-state index in [-0.39, 0.29) is 34.4 Å². The Balaban J connectivity index is 2.44. The number of alkyl halides is 3. The van der Waals surface area contributed by atoms with E-state index in [0.29, 0.717) is 13.0 Å². The number of hydrogen-bond acceptors (Lipinski definition) is 4. The van der Waals surface area contributed by atoms with Crippen molar-refractivity contribution < 1.29 is 23.1 Å². The van der Waals surface area contributed by atoms with Gasteiger partial charge in [-0.25, -0.2) is 0 Å². The van der Waals surface area contributed by atoms with Crippen LogP contribution >= 0.6 is 12.2 Å². The minimum atomic E-state index is -4.48. The van der Waals surface area contributed by atoms with E-state index in [1.165, 1.54) is 23.1 Å². The first-order chi connectivity index (χ1) is 12.0. The fourth-order valence-corrected chi connectivity index (χ4v) is 3.37. The molecule has 1 saturated heterocycles. The van der Waals surface area contributed by atoms with Crippen molar-refractivity contribution in [2.75, 3.05) is 18.1 Å². The Labute approximate surface area is 154 Å². The monoisotopic (exact) mass is 385 g/mol. The van der Waals surface area contributed by atoms with Gasteiger partial charge in [-0.15, -0.1) is 0 Å². The number of amides is 1. The van der Waals surface area contributed by atoms with Gasteiger partial charge in [0.1, 0.15) is 5.54 Å². The number of nitriles is 1. The molecule has 1 fully saturated rings. The number of benzene rings is 1. The molecule has 0 aromatic heterocycles. The lowest BCUT2D eigenvalue weighted by Crippen LogP contribution is -2.44. The summed E-state index contributed by atoms with van der Waals surface area (Å²) >= 11 is 5.36. The van der Waals surface area contributed by atoms with Gasteiger partial charge in [0, 0.05) is 13.2 Å².